The predicted molar refractivity (Wildman–Crippen MR) is 143 cm³/mol. The largest absolute Gasteiger partial charge is 0.495 e. The molecule has 2 heterocycles. The maximum atomic E-state index is 13.8. The molecule has 5 nitrogen and oxygen atoms in total. The van der Waals surface area contributed by atoms with Crippen LogP contribution in [0.3, 0.4) is 0 Å². The molecule has 0 aliphatic carbocycles. The number of benzene rings is 3. The molecule has 0 saturated carbocycles. The molecule has 0 saturated heterocycles. The molecule has 4 aromatic rings. The first-order valence-electron chi connectivity index (χ1n) is 10.1. The number of halogens is 2. The topological polar surface area (TPSA) is 56.1 Å². The van der Waals surface area contributed by atoms with E-state index in [0.29, 0.717) is 11.1 Å². The minimum Gasteiger partial charge on any atom is -0.495 e. The highest BCUT2D eigenvalue weighted by atomic mass is 127. The number of ether oxygens (including phenoxy) is 1. The van der Waals surface area contributed by atoms with Gasteiger partial charge in [-0.1, -0.05) is 42.5 Å². The van der Waals surface area contributed by atoms with E-state index >= 15 is 0 Å². The van der Waals surface area contributed by atoms with E-state index in [9.17, 15) is 4.79 Å². The molecule has 7 heteroatoms. The van der Waals surface area contributed by atoms with E-state index in [1.807, 2.05) is 61.5 Å². The number of hydrogen-bond acceptors (Lipinski definition) is 4. The molecule has 1 aliphatic rings. The van der Waals surface area contributed by atoms with E-state index in [2.05, 4.69) is 67.2 Å². The van der Waals surface area contributed by atoms with Gasteiger partial charge in [0.15, 0.2) is 5.78 Å². The first kappa shape index (κ1) is 21.4. The van der Waals surface area contributed by atoms with Gasteiger partial charge in [0.05, 0.1) is 31.3 Å². The number of aromatic nitrogens is 2. The van der Waals surface area contributed by atoms with Gasteiger partial charge in [0.25, 0.3) is 0 Å². The predicted octanol–water partition coefficient (Wildman–Crippen LogP) is 6.43. The third-order valence-corrected chi connectivity index (χ3v) is 7.25. The van der Waals surface area contributed by atoms with Crippen molar-refractivity contribution in [2.45, 2.75) is 13.0 Å². The highest BCUT2D eigenvalue weighted by Gasteiger charge is 2.35. The van der Waals surface area contributed by atoms with Crippen LogP contribution in [0.1, 0.15) is 28.9 Å². The molecule has 0 radical (unpaired) electrons. The molecular weight excluding hydrogens is 628 g/mol. The quantitative estimate of drug-likeness (QED) is 0.205. The highest BCUT2D eigenvalue weighted by molar-refractivity contribution is 14.1. The molecule has 0 unspecified atom stereocenters. The number of anilines is 1. The van der Waals surface area contributed by atoms with E-state index in [-0.39, 0.29) is 11.8 Å². The van der Waals surface area contributed by atoms with Crippen LogP contribution in [-0.4, -0.2) is 22.4 Å². The van der Waals surface area contributed by atoms with Crippen LogP contribution < -0.4 is 10.1 Å². The number of Topliss-reactive ketones (excluding diaryl/α,β-unsaturated/α-hetero) is 1. The third kappa shape index (κ3) is 3.51. The molecule has 1 aliphatic heterocycles. The number of methoxy groups -OCH3 is 1. The molecule has 1 N–H and O–H groups in total. The Morgan fingerprint density at radius 3 is 2.38 bits per heavy atom. The van der Waals surface area contributed by atoms with Crippen LogP contribution in [0.15, 0.2) is 78.0 Å². The van der Waals surface area contributed by atoms with Crippen molar-refractivity contribution in [1.29, 1.82) is 0 Å². The van der Waals surface area contributed by atoms with Gasteiger partial charge in [-0.05, 0) is 81.9 Å². The van der Waals surface area contributed by atoms with Crippen molar-refractivity contribution in [3.63, 3.8) is 0 Å². The summed E-state index contributed by atoms with van der Waals surface area (Å²) in [6, 6.07) is 21.3. The minimum atomic E-state index is -0.320. The van der Waals surface area contributed by atoms with Crippen LogP contribution in [0.25, 0.3) is 11.0 Å². The summed E-state index contributed by atoms with van der Waals surface area (Å²) in [7, 11) is 1.68. The number of carbonyl (C=O) groups excluding carboxylic acids is 1. The number of rotatable bonds is 4. The Morgan fingerprint density at radius 2 is 1.69 bits per heavy atom. The standard InChI is InChI=1S/C25H19I2N3O2/c1-14-21(23(31)15-8-4-3-5-9-15)22(16-12-17(26)24(32-2)18(27)13-16)30-20-11-7-6-10-19(20)29-25(30)28-14/h3-13,22H,1-2H3,(H,28,29)/t22-/m0/s1. The summed E-state index contributed by atoms with van der Waals surface area (Å²) in [5, 5.41) is 3.38. The van der Waals surface area contributed by atoms with Gasteiger partial charge in [-0.3, -0.25) is 9.36 Å². The van der Waals surface area contributed by atoms with E-state index < -0.39 is 0 Å². The van der Waals surface area contributed by atoms with Crippen LogP contribution in [0.5, 0.6) is 5.75 Å². The Hall–Kier alpha value is -2.40. The second-order valence-corrected chi connectivity index (χ2v) is 9.90. The molecule has 1 atom stereocenters. The third-order valence-electron chi connectivity index (χ3n) is 5.65. The summed E-state index contributed by atoms with van der Waals surface area (Å²) >= 11 is 4.59. The first-order chi connectivity index (χ1) is 15.5. The van der Waals surface area contributed by atoms with Gasteiger partial charge < -0.3 is 10.1 Å². The maximum Gasteiger partial charge on any atom is 0.209 e. The summed E-state index contributed by atoms with van der Waals surface area (Å²) in [6.07, 6.45) is 0. The smallest absolute Gasteiger partial charge is 0.209 e. The zero-order valence-corrected chi connectivity index (χ0v) is 21.7. The summed E-state index contributed by atoms with van der Waals surface area (Å²) in [5.74, 6) is 1.58. The number of allylic oxidation sites excluding steroid dienone is 2. The van der Waals surface area contributed by atoms with Gasteiger partial charge in [-0.2, -0.15) is 0 Å². The van der Waals surface area contributed by atoms with E-state index in [1.165, 1.54) is 0 Å². The molecule has 3 aromatic carbocycles. The fourth-order valence-corrected chi connectivity index (χ4v) is 6.51. The lowest BCUT2D eigenvalue weighted by Crippen LogP contribution is -2.28. The molecule has 0 bridgehead atoms. The number of nitrogens with zero attached hydrogens (tertiary/aromatic N) is 2. The first-order valence-corrected chi connectivity index (χ1v) is 12.2. The summed E-state index contributed by atoms with van der Waals surface area (Å²) in [4.78, 5) is 18.6. The van der Waals surface area contributed by atoms with Gasteiger partial charge in [0.2, 0.25) is 5.95 Å². The lowest BCUT2D eigenvalue weighted by atomic mass is 9.89. The maximum absolute atomic E-state index is 13.8. The second-order valence-electron chi connectivity index (χ2n) is 7.57. The van der Waals surface area contributed by atoms with Gasteiger partial charge in [0.1, 0.15) is 5.75 Å². The number of imidazole rings is 1. The molecule has 160 valence electrons. The number of hydrogen-bond donors (Lipinski definition) is 1. The molecular formula is C25H19I2N3O2. The van der Waals surface area contributed by atoms with Crippen LogP contribution in [0.4, 0.5) is 5.95 Å². The van der Waals surface area contributed by atoms with Crippen LogP contribution in [0, 0.1) is 7.14 Å². The van der Waals surface area contributed by atoms with E-state index in [4.69, 9.17) is 9.72 Å². The van der Waals surface area contributed by atoms with Crippen LogP contribution >= 0.6 is 45.2 Å². The molecule has 0 amide bonds. The van der Waals surface area contributed by atoms with Gasteiger partial charge in [-0.25, -0.2) is 4.98 Å². The lowest BCUT2D eigenvalue weighted by molar-refractivity contribution is 0.102. The summed E-state index contributed by atoms with van der Waals surface area (Å²) < 4.78 is 9.71. The second kappa shape index (κ2) is 8.51. The SMILES string of the molecule is COc1c(I)cc([C@H]2C(C(=O)c3ccccc3)=C(C)Nc3nc4ccccc4n32)cc1I. The van der Waals surface area contributed by atoms with E-state index in [0.717, 1.165) is 41.1 Å². The van der Waals surface area contributed by atoms with E-state index in [1.54, 1.807) is 7.11 Å². The zero-order valence-electron chi connectivity index (χ0n) is 17.4. The van der Waals surface area contributed by atoms with Gasteiger partial charge in [-0.15, -0.1) is 0 Å². The van der Waals surface area contributed by atoms with Crippen LogP contribution in [-0.2, 0) is 0 Å². The van der Waals surface area contributed by atoms with Crippen molar-refractivity contribution in [2.24, 2.45) is 0 Å². The Morgan fingerprint density at radius 1 is 1.03 bits per heavy atom. The average Bonchev–Trinajstić information content (AvgIpc) is 3.16. The fraction of sp³-hybridized carbons (Fsp3) is 0.120. The monoisotopic (exact) mass is 647 g/mol. The highest BCUT2D eigenvalue weighted by Crippen LogP contribution is 2.42. The fourth-order valence-electron chi connectivity index (χ4n) is 4.25. The van der Waals surface area contributed by atoms with Crippen molar-refractivity contribution in [3.05, 3.63) is 96.3 Å². The Bertz CT molecular complexity index is 1370. The van der Waals surface area contributed by atoms with Crippen molar-refractivity contribution >= 4 is 67.9 Å². The van der Waals surface area contributed by atoms with Crippen molar-refractivity contribution in [1.82, 2.24) is 9.55 Å². The number of para-hydroxylation sites is 2. The summed E-state index contributed by atoms with van der Waals surface area (Å²) in [5.41, 5.74) is 5.07. The zero-order chi connectivity index (χ0) is 22.4. The van der Waals surface area contributed by atoms with Gasteiger partial charge in [0, 0.05) is 16.8 Å². The molecule has 0 fully saturated rings. The average molecular weight is 647 g/mol. The molecule has 1 aromatic heterocycles. The molecule has 0 spiro atoms. The number of carbonyl (C=O) groups is 1. The van der Waals surface area contributed by atoms with Gasteiger partial charge >= 0.3 is 0 Å². The Labute approximate surface area is 213 Å². The number of fused-ring (bicyclic) bond motifs is 3. The van der Waals surface area contributed by atoms with Crippen LogP contribution in [0.2, 0.25) is 0 Å². The van der Waals surface area contributed by atoms with Crippen molar-refractivity contribution in [3.8, 4) is 5.75 Å². The van der Waals surface area contributed by atoms with Crippen molar-refractivity contribution in [2.75, 3.05) is 12.4 Å². The minimum absolute atomic E-state index is 0.00451. The molecule has 5 rings (SSSR count). The normalized spacial score (nSPS) is 15.4. The summed E-state index contributed by atoms with van der Waals surface area (Å²) in [6.45, 7) is 1.95. The number of ketones is 1. The Balaban J connectivity index is 1.79. The van der Waals surface area contributed by atoms with Crippen molar-refractivity contribution < 1.29 is 9.53 Å². The number of nitrogens with one attached hydrogen (secondary N) is 1. The lowest BCUT2D eigenvalue weighted by Gasteiger charge is -2.31. The molecule has 32 heavy (non-hydrogen) atoms. The Kier molecular flexibility index (Phi) is 5.70.